The first-order valence-electron chi connectivity index (χ1n) is 15.2. The van der Waals surface area contributed by atoms with Crippen LogP contribution in [0.5, 0.6) is 17.2 Å². The fourth-order valence-electron chi connectivity index (χ4n) is 6.18. The van der Waals surface area contributed by atoms with Gasteiger partial charge in [0.2, 0.25) is 0 Å². The summed E-state index contributed by atoms with van der Waals surface area (Å²) < 4.78 is 3.25. The molecular weight excluding hydrogens is 648 g/mol. The number of phenolic OH excluding ortho intramolecular Hbond substituents is 3. The van der Waals surface area contributed by atoms with E-state index in [1.54, 1.807) is 36.4 Å². The molecule has 8 rings (SSSR count). The molecule has 230 valence electrons. The molecule has 6 aromatic carbocycles. The number of aromatic amines is 1. The highest BCUT2D eigenvalue weighted by atomic mass is 79.9. The minimum absolute atomic E-state index is 0.240. The first-order valence-corrected chi connectivity index (χ1v) is 16.0. The molecule has 6 heteroatoms. The van der Waals surface area contributed by atoms with Crippen LogP contribution in [0.25, 0.3) is 66.6 Å². The van der Waals surface area contributed by atoms with Gasteiger partial charge in [0, 0.05) is 44.5 Å². The predicted molar refractivity (Wildman–Crippen MR) is 196 cm³/mol. The molecule has 4 N–H and O–H groups in total. The van der Waals surface area contributed by atoms with E-state index in [2.05, 4.69) is 87.1 Å². The average Bonchev–Trinajstić information content (AvgIpc) is 3.61. The van der Waals surface area contributed by atoms with Crippen molar-refractivity contribution in [1.29, 1.82) is 0 Å². The zero-order valence-corrected chi connectivity index (χ0v) is 27.1. The van der Waals surface area contributed by atoms with E-state index in [4.69, 9.17) is 0 Å². The van der Waals surface area contributed by atoms with Crippen LogP contribution < -0.4 is 0 Å². The van der Waals surface area contributed by atoms with Crippen LogP contribution in [0.3, 0.4) is 0 Å². The Balaban J connectivity index is 0.000000150. The molecule has 0 atom stereocenters. The molecule has 0 spiro atoms. The highest BCUT2D eigenvalue weighted by Crippen LogP contribution is 2.41. The number of aromatic hydroxyl groups is 3. The topological polar surface area (TPSA) is 81.4 Å². The second-order valence-corrected chi connectivity index (χ2v) is 12.3. The van der Waals surface area contributed by atoms with Crippen LogP contribution in [0.2, 0.25) is 0 Å². The van der Waals surface area contributed by atoms with Crippen LogP contribution in [0.15, 0.2) is 150 Å². The van der Waals surface area contributed by atoms with Gasteiger partial charge < -0.3 is 24.9 Å². The zero-order chi connectivity index (χ0) is 32.5. The van der Waals surface area contributed by atoms with E-state index in [0.717, 1.165) is 43.3 Å². The summed E-state index contributed by atoms with van der Waals surface area (Å²) in [7, 11) is 2.11. The van der Waals surface area contributed by atoms with Crippen molar-refractivity contribution in [3.05, 3.63) is 150 Å². The number of nitrogens with one attached hydrogen (secondary N) is 1. The summed E-state index contributed by atoms with van der Waals surface area (Å²) in [6.07, 6.45) is 0. The molecule has 0 unspecified atom stereocenters. The van der Waals surface area contributed by atoms with Crippen molar-refractivity contribution in [3.8, 4) is 62.0 Å². The zero-order valence-electron chi connectivity index (χ0n) is 25.5. The van der Waals surface area contributed by atoms with Gasteiger partial charge in [-0.15, -0.1) is 0 Å². The summed E-state index contributed by atoms with van der Waals surface area (Å²) >= 11 is 3.54. The summed E-state index contributed by atoms with van der Waals surface area (Å²) in [5.74, 6) is 0.769. The molecule has 0 aliphatic heterocycles. The molecule has 5 nitrogen and oxygen atoms in total. The number of para-hydroxylation sites is 1. The number of benzene rings is 6. The molecule has 0 aliphatic carbocycles. The van der Waals surface area contributed by atoms with E-state index in [0.29, 0.717) is 0 Å². The Hall–Kier alpha value is -5.72. The molecule has 8 aromatic rings. The highest BCUT2D eigenvalue weighted by molar-refractivity contribution is 9.10. The summed E-state index contributed by atoms with van der Waals surface area (Å²) in [5, 5.41) is 31.1. The third-order valence-corrected chi connectivity index (χ3v) is 8.88. The number of phenols is 3. The standard InChI is InChI=1S/C21H17NO.C20H14BrNO2/c1-22-19-10-6-5-9-18(19)20(15-11-13-17(23)14-12-15)21(22)16-7-3-2-4-8-16;21-14-5-10-18-17(11-14)19(12-1-6-15(23)7-2-12)20(22-18)13-3-8-16(24)9-4-13/h2-14,23H,1H3;1-11,22-24H. The number of nitrogens with zero attached hydrogens (tertiary/aromatic N) is 1. The van der Waals surface area contributed by atoms with Gasteiger partial charge in [-0.05, 0) is 95.1 Å². The normalized spacial score (nSPS) is 11.0. The Morgan fingerprint density at radius 1 is 0.511 bits per heavy atom. The monoisotopic (exact) mass is 678 g/mol. The second kappa shape index (κ2) is 12.6. The summed E-state index contributed by atoms with van der Waals surface area (Å²) in [4.78, 5) is 3.48. The van der Waals surface area contributed by atoms with E-state index in [1.807, 2.05) is 54.6 Å². The minimum Gasteiger partial charge on any atom is -0.508 e. The molecule has 2 heterocycles. The van der Waals surface area contributed by atoms with Crippen LogP contribution in [0, 0.1) is 0 Å². The van der Waals surface area contributed by atoms with Crippen LogP contribution in [0.4, 0.5) is 0 Å². The number of hydrogen-bond donors (Lipinski definition) is 4. The average molecular weight is 680 g/mol. The number of halogens is 1. The smallest absolute Gasteiger partial charge is 0.115 e. The summed E-state index contributed by atoms with van der Waals surface area (Å²) in [6.45, 7) is 0. The third-order valence-electron chi connectivity index (χ3n) is 8.38. The van der Waals surface area contributed by atoms with Crippen molar-refractivity contribution >= 4 is 37.7 Å². The lowest BCUT2D eigenvalue weighted by Gasteiger charge is -2.09. The van der Waals surface area contributed by atoms with Gasteiger partial charge in [0.15, 0.2) is 0 Å². The Labute approximate surface area is 280 Å². The van der Waals surface area contributed by atoms with Crippen LogP contribution in [0.1, 0.15) is 0 Å². The van der Waals surface area contributed by atoms with Gasteiger partial charge in [-0.3, -0.25) is 0 Å². The first-order chi connectivity index (χ1) is 22.9. The Kier molecular flexibility index (Phi) is 8.02. The lowest BCUT2D eigenvalue weighted by molar-refractivity contribution is 0.475. The van der Waals surface area contributed by atoms with Crippen LogP contribution in [-0.4, -0.2) is 24.9 Å². The summed E-state index contributed by atoms with van der Waals surface area (Å²) in [6, 6.07) is 46.7. The van der Waals surface area contributed by atoms with Crippen molar-refractivity contribution in [1.82, 2.24) is 9.55 Å². The largest absolute Gasteiger partial charge is 0.508 e. The molecule has 0 fully saturated rings. The fraction of sp³-hybridized carbons (Fsp3) is 0.0244. The Bertz CT molecular complexity index is 2320. The van der Waals surface area contributed by atoms with E-state index < -0.39 is 0 Å². The van der Waals surface area contributed by atoms with Crippen molar-refractivity contribution in [2.75, 3.05) is 0 Å². The van der Waals surface area contributed by atoms with Gasteiger partial charge in [-0.1, -0.05) is 88.7 Å². The predicted octanol–water partition coefficient (Wildman–Crippen LogP) is 10.9. The van der Waals surface area contributed by atoms with E-state index in [9.17, 15) is 15.3 Å². The maximum atomic E-state index is 9.60. The lowest BCUT2D eigenvalue weighted by Crippen LogP contribution is -1.92. The second-order valence-electron chi connectivity index (χ2n) is 11.4. The molecule has 0 radical (unpaired) electrons. The van der Waals surface area contributed by atoms with Crippen LogP contribution >= 0.6 is 15.9 Å². The van der Waals surface area contributed by atoms with Crippen molar-refractivity contribution < 1.29 is 15.3 Å². The summed E-state index contributed by atoms with van der Waals surface area (Å²) in [5.41, 5.74) is 11.0. The van der Waals surface area contributed by atoms with Gasteiger partial charge in [0.25, 0.3) is 0 Å². The highest BCUT2D eigenvalue weighted by Gasteiger charge is 2.18. The SMILES string of the molecule is Cn1c(-c2ccccc2)c(-c2ccc(O)cc2)c2ccccc21.Oc1ccc(-c2[nH]c3ccc(Br)cc3c2-c2ccc(O)cc2)cc1. The van der Waals surface area contributed by atoms with Gasteiger partial charge in [0.1, 0.15) is 17.2 Å². The first kappa shape index (κ1) is 30.0. The number of rotatable bonds is 4. The van der Waals surface area contributed by atoms with Crippen molar-refractivity contribution in [3.63, 3.8) is 0 Å². The maximum absolute atomic E-state index is 9.60. The molecule has 0 aliphatic rings. The molecule has 0 bridgehead atoms. The molecule has 2 aromatic heterocycles. The third kappa shape index (κ3) is 5.87. The van der Waals surface area contributed by atoms with Gasteiger partial charge in [-0.2, -0.15) is 0 Å². The van der Waals surface area contributed by atoms with Gasteiger partial charge >= 0.3 is 0 Å². The number of hydrogen-bond acceptors (Lipinski definition) is 3. The number of aromatic nitrogens is 2. The van der Waals surface area contributed by atoms with E-state index in [1.165, 1.54) is 27.7 Å². The Morgan fingerprint density at radius 3 is 1.66 bits per heavy atom. The fourth-order valence-corrected chi connectivity index (χ4v) is 6.55. The van der Waals surface area contributed by atoms with E-state index >= 15 is 0 Å². The van der Waals surface area contributed by atoms with E-state index in [-0.39, 0.29) is 17.2 Å². The van der Waals surface area contributed by atoms with Gasteiger partial charge in [-0.25, -0.2) is 0 Å². The van der Waals surface area contributed by atoms with Crippen molar-refractivity contribution in [2.45, 2.75) is 0 Å². The lowest BCUT2D eigenvalue weighted by atomic mass is 9.98. The van der Waals surface area contributed by atoms with Crippen molar-refractivity contribution in [2.24, 2.45) is 7.05 Å². The number of H-pyrrole nitrogens is 1. The molecule has 0 amide bonds. The molecular formula is C41H31BrN2O3. The van der Waals surface area contributed by atoms with Gasteiger partial charge in [0.05, 0.1) is 11.4 Å². The molecule has 0 saturated carbocycles. The number of aryl methyl sites for hydroxylation is 1. The molecule has 0 saturated heterocycles. The maximum Gasteiger partial charge on any atom is 0.115 e. The van der Waals surface area contributed by atoms with Crippen LogP contribution in [-0.2, 0) is 7.05 Å². The molecule has 47 heavy (non-hydrogen) atoms. The Morgan fingerprint density at radius 2 is 1.04 bits per heavy atom. The quantitative estimate of drug-likeness (QED) is 0.149. The minimum atomic E-state index is 0.240. The number of fused-ring (bicyclic) bond motifs is 2.